The minimum atomic E-state index is -0.190. The van der Waals surface area contributed by atoms with Gasteiger partial charge in [0.1, 0.15) is 5.69 Å². The van der Waals surface area contributed by atoms with Gasteiger partial charge in [0.05, 0.1) is 18.5 Å². The van der Waals surface area contributed by atoms with E-state index in [1.807, 2.05) is 67.2 Å². The molecule has 1 aliphatic carbocycles. The van der Waals surface area contributed by atoms with Crippen LogP contribution < -0.4 is 0 Å². The average Bonchev–Trinajstić information content (AvgIpc) is 3.13. The second-order valence-electron chi connectivity index (χ2n) is 8.49. The van der Waals surface area contributed by atoms with E-state index in [0.717, 1.165) is 22.4 Å². The molecule has 4 rings (SSSR count). The SMILES string of the molecule is CC1(C)CC(=O)C(Cc2ccccc2-c2cn(Cc3ccccc3)nn2)=C(O)C1. The van der Waals surface area contributed by atoms with E-state index in [0.29, 0.717) is 31.4 Å². The zero-order chi connectivity index (χ0) is 20.4. The summed E-state index contributed by atoms with van der Waals surface area (Å²) in [6, 6.07) is 18.0. The van der Waals surface area contributed by atoms with Gasteiger partial charge in [0, 0.05) is 30.4 Å². The summed E-state index contributed by atoms with van der Waals surface area (Å²) in [5, 5.41) is 19.1. The lowest BCUT2D eigenvalue weighted by atomic mass is 9.75. The Kier molecular flexibility index (Phi) is 5.05. The van der Waals surface area contributed by atoms with E-state index in [2.05, 4.69) is 22.4 Å². The molecule has 0 amide bonds. The Labute approximate surface area is 170 Å². The Balaban J connectivity index is 1.61. The van der Waals surface area contributed by atoms with Crippen molar-refractivity contribution in [3.8, 4) is 11.3 Å². The fourth-order valence-electron chi connectivity index (χ4n) is 3.91. The summed E-state index contributed by atoms with van der Waals surface area (Å²) < 4.78 is 1.81. The van der Waals surface area contributed by atoms with Crippen molar-refractivity contribution in [3.63, 3.8) is 0 Å². The molecule has 0 saturated heterocycles. The standard InChI is InChI=1S/C24H25N3O2/c1-24(2)13-22(28)20(23(29)14-24)12-18-10-6-7-11-19(18)21-16-27(26-25-21)15-17-8-4-3-5-9-17/h3-11,16,28H,12-15H2,1-2H3. The first-order valence-corrected chi connectivity index (χ1v) is 9.88. The number of benzene rings is 2. The fourth-order valence-corrected chi connectivity index (χ4v) is 3.91. The van der Waals surface area contributed by atoms with Gasteiger partial charge in [-0.25, -0.2) is 4.68 Å². The maximum Gasteiger partial charge on any atom is 0.163 e. The quantitative estimate of drug-likeness (QED) is 0.687. The molecule has 0 spiro atoms. The number of allylic oxidation sites excluding steroid dienone is 2. The van der Waals surface area contributed by atoms with Crippen LogP contribution in [0.4, 0.5) is 0 Å². The summed E-state index contributed by atoms with van der Waals surface area (Å²) in [6.07, 6.45) is 3.32. The Morgan fingerprint density at radius 2 is 1.76 bits per heavy atom. The predicted molar refractivity (Wildman–Crippen MR) is 112 cm³/mol. The third-order valence-electron chi connectivity index (χ3n) is 5.36. The summed E-state index contributed by atoms with van der Waals surface area (Å²) >= 11 is 0. The monoisotopic (exact) mass is 387 g/mol. The van der Waals surface area contributed by atoms with Crippen molar-refractivity contribution in [3.05, 3.63) is 83.3 Å². The third kappa shape index (κ3) is 4.29. The van der Waals surface area contributed by atoms with Crippen molar-refractivity contribution in [2.24, 2.45) is 5.41 Å². The number of rotatable bonds is 5. The summed E-state index contributed by atoms with van der Waals surface area (Å²) in [7, 11) is 0. The van der Waals surface area contributed by atoms with Gasteiger partial charge in [0.15, 0.2) is 5.78 Å². The highest BCUT2D eigenvalue weighted by Gasteiger charge is 2.33. The van der Waals surface area contributed by atoms with Crippen LogP contribution in [0, 0.1) is 5.41 Å². The summed E-state index contributed by atoms with van der Waals surface area (Å²) in [6.45, 7) is 4.67. The zero-order valence-electron chi connectivity index (χ0n) is 16.8. The molecular weight excluding hydrogens is 362 g/mol. The van der Waals surface area contributed by atoms with E-state index in [4.69, 9.17) is 0 Å². The van der Waals surface area contributed by atoms with Gasteiger partial charge in [0.2, 0.25) is 0 Å². The largest absolute Gasteiger partial charge is 0.512 e. The first-order chi connectivity index (χ1) is 13.9. The van der Waals surface area contributed by atoms with Crippen molar-refractivity contribution < 1.29 is 9.90 Å². The Morgan fingerprint density at radius 3 is 2.52 bits per heavy atom. The van der Waals surface area contributed by atoms with Crippen molar-refractivity contribution in [1.82, 2.24) is 15.0 Å². The molecule has 1 heterocycles. The highest BCUT2D eigenvalue weighted by Crippen LogP contribution is 2.37. The van der Waals surface area contributed by atoms with Crippen LogP contribution in [0.15, 0.2) is 72.1 Å². The summed E-state index contributed by atoms with van der Waals surface area (Å²) in [4.78, 5) is 12.6. The molecule has 0 unspecified atom stereocenters. The van der Waals surface area contributed by atoms with Crippen LogP contribution in [0.3, 0.4) is 0 Å². The number of hydrogen-bond donors (Lipinski definition) is 1. The minimum Gasteiger partial charge on any atom is -0.512 e. The molecule has 1 aliphatic rings. The number of aliphatic hydroxyl groups excluding tert-OH is 1. The topological polar surface area (TPSA) is 68.0 Å². The number of aromatic nitrogens is 3. The van der Waals surface area contributed by atoms with Crippen molar-refractivity contribution >= 4 is 5.78 Å². The van der Waals surface area contributed by atoms with Gasteiger partial charge in [0.25, 0.3) is 0 Å². The highest BCUT2D eigenvalue weighted by molar-refractivity contribution is 5.97. The van der Waals surface area contributed by atoms with E-state index in [-0.39, 0.29) is 17.0 Å². The predicted octanol–water partition coefficient (Wildman–Crippen LogP) is 4.74. The normalized spacial score (nSPS) is 16.3. The van der Waals surface area contributed by atoms with Crippen LogP contribution in [0.1, 0.15) is 37.8 Å². The fraction of sp³-hybridized carbons (Fsp3) is 0.292. The van der Waals surface area contributed by atoms with Crippen LogP contribution in [0.2, 0.25) is 0 Å². The van der Waals surface area contributed by atoms with Crippen molar-refractivity contribution in [1.29, 1.82) is 0 Å². The van der Waals surface area contributed by atoms with Crippen LogP contribution >= 0.6 is 0 Å². The number of aliphatic hydroxyl groups is 1. The molecule has 0 atom stereocenters. The van der Waals surface area contributed by atoms with E-state index in [1.54, 1.807) is 0 Å². The van der Waals surface area contributed by atoms with E-state index in [1.165, 1.54) is 0 Å². The lowest BCUT2D eigenvalue weighted by Gasteiger charge is -2.29. The molecule has 0 aliphatic heterocycles. The van der Waals surface area contributed by atoms with E-state index in [9.17, 15) is 9.90 Å². The van der Waals surface area contributed by atoms with Crippen molar-refractivity contribution in [2.75, 3.05) is 0 Å². The second kappa shape index (κ2) is 7.66. The van der Waals surface area contributed by atoms with Crippen LogP contribution in [0.25, 0.3) is 11.3 Å². The molecule has 1 aromatic heterocycles. The molecule has 0 bridgehead atoms. The number of carbonyl (C=O) groups is 1. The molecule has 3 aromatic rings. The van der Waals surface area contributed by atoms with Crippen LogP contribution in [0.5, 0.6) is 0 Å². The summed E-state index contributed by atoms with van der Waals surface area (Å²) in [5.41, 5.74) is 4.15. The lowest BCUT2D eigenvalue weighted by Crippen LogP contribution is -2.26. The van der Waals surface area contributed by atoms with Gasteiger partial charge in [-0.2, -0.15) is 0 Å². The number of hydrogen-bond acceptors (Lipinski definition) is 4. The Bertz CT molecular complexity index is 1060. The molecule has 148 valence electrons. The number of Topliss-reactive ketones (excluding diaryl/α,β-unsaturated/α-hetero) is 1. The maximum atomic E-state index is 12.6. The molecule has 0 saturated carbocycles. The summed E-state index contributed by atoms with van der Waals surface area (Å²) in [5.74, 6) is 0.245. The van der Waals surface area contributed by atoms with E-state index < -0.39 is 0 Å². The zero-order valence-corrected chi connectivity index (χ0v) is 16.8. The number of carbonyl (C=O) groups excluding carboxylic acids is 1. The molecule has 5 nitrogen and oxygen atoms in total. The van der Waals surface area contributed by atoms with Crippen LogP contribution in [-0.2, 0) is 17.8 Å². The Hall–Kier alpha value is -3.21. The van der Waals surface area contributed by atoms with Crippen molar-refractivity contribution in [2.45, 2.75) is 39.7 Å². The molecule has 0 fully saturated rings. The van der Waals surface area contributed by atoms with Crippen LogP contribution in [-0.4, -0.2) is 25.9 Å². The average molecular weight is 387 g/mol. The molecule has 5 heteroatoms. The molecule has 29 heavy (non-hydrogen) atoms. The molecule has 0 radical (unpaired) electrons. The van der Waals surface area contributed by atoms with Gasteiger partial charge in [-0.15, -0.1) is 5.10 Å². The first-order valence-electron chi connectivity index (χ1n) is 9.88. The molecule has 2 aromatic carbocycles. The number of ketones is 1. The van der Waals surface area contributed by atoms with Gasteiger partial charge in [-0.05, 0) is 16.5 Å². The Morgan fingerprint density at radius 1 is 1.03 bits per heavy atom. The second-order valence-corrected chi connectivity index (χ2v) is 8.49. The van der Waals surface area contributed by atoms with Gasteiger partial charge in [-0.3, -0.25) is 4.79 Å². The smallest absolute Gasteiger partial charge is 0.163 e. The third-order valence-corrected chi connectivity index (χ3v) is 5.36. The number of nitrogens with zero attached hydrogens (tertiary/aromatic N) is 3. The van der Waals surface area contributed by atoms with Gasteiger partial charge < -0.3 is 5.11 Å². The van der Waals surface area contributed by atoms with Gasteiger partial charge in [-0.1, -0.05) is 73.7 Å². The van der Waals surface area contributed by atoms with E-state index >= 15 is 0 Å². The molecule has 1 N–H and O–H groups in total. The minimum absolute atomic E-state index is 0.0290. The highest BCUT2D eigenvalue weighted by atomic mass is 16.3. The molecular formula is C24H25N3O2. The first kappa shape index (κ1) is 19.1. The van der Waals surface area contributed by atoms with Gasteiger partial charge >= 0.3 is 0 Å². The maximum absolute atomic E-state index is 12.6. The lowest BCUT2D eigenvalue weighted by molar-refractivity contribution is -0.118.